The quantitative estimate of drug-likeness (QED) is 0.686. The van der Waals surface area contributed by atoms with Crippen molar-refractivity contribution in [1.82, 2.24) is 5.32 Å². The number of nitrogens with one attached hydrogen (secondary N) is 1. The van der Waals surface area contributed by atoms with E-state index >= 15 is 0 Å². The van der Waals surface area contributed by atoms with Gasteiger partial charge in [-0.25, -0.2) is 0 Å². The summed E-state index contributed by atoms with van der Waals surface area (Å²) >= 11 is 0. The van der Waals surface area contributed by atoms with Gasteiger partial charge in [0.05, 0.1) is 13.0 Å². The largest absolute Gasteiger partial charge is 0.372 e. The molecule has 0 aliphatic rings. The van der Waals surface area contributed by atoms with E-state index in [1.807, 2.05) is 54.6 Å². The average Bonchev–Trinajstić information content (AvgIpc) is 2.70. The van der Waals surface area contributed by atoms with Crippen LogP contribution in [0.15, 0.2) is 72.8 Å². The van der Waals surface area contributed by atoms with E-state index in [1.54, 1.807) is 7.11 Å². The SMILES string of the molecule is CC[C@](CNC(=O)Cc1cccc2ccccc12)(OC)c1ccccc1. The summed E-state index contributed by atoms with van der Waals surface area (Å²) in [5, 5.41) is 5.35. The summed E-state index contributed by atoms with van der Waals surface area (Å²) in [5.74, 6) is 0.00663. The zero-order chi connectivity index (χ0) is 18.4. The number of hydrogen-bond donors (Lipinski definition) is 1. The minimum absolute atomic E-state index is 0.00663. The van der Waals surface area contributed by atoms with Crippen LogP contribution in [0.4, 0.5) is 0 Å². The maximum atomic E-state index is 12.6. The fraction of sp³-hybridized carbons (Fsp3) is 0.261. The van der Waals surface area contributed by atoms with E-state index in [4.69, 9.17) is 4.74 Å². The predicted octanol–water partition coefficient (Wildman–Crippen LogP) is 4.45. The van der Waals surface area contributed by atoms with Gasteiger partial charge in [-0.3, -0.25) is 4.79 Å². The molecule has 3 heteroatoms. The van der Waals surface area contributed by atoms with Gasteiger partial charge in [0.1, 0.15) is 5.60 Å². The van der Waals surface area contributed by atoms with Crippen molar-refractivity contribution >= 4 is 16.7 Å². The topological polar surface area (TPSA) is 38.3 Å². The molecule has 0 heterocycles. The monoisotopic (exact) mass is 347 g/mol. The summed E-state index contributed by atoms with van der Waals surface area (Å²) in [7, 11) is 1.70. The number of fused-ring (bicyclic) bond motifs is 1. The van der Waals surface area contributed by atoms with Crippen LogP contribution in [0, 0.1) is 0 Å². The molecule has 0 aliphatic carbocycles. The molecule has 3 nitrogen and oxygen atoms in total. The Morgan fingerprint density at radius 1 is 0.962 bits per heavy atom. The Bertz CT molecular complexity index is 864. The van der Waals surface area contributed by atoms with Crippen LogP contribution in [0.1, 0.15) is 24.5 Å². The Hall–Kier alpha value is -2.65. The first-order chi connectivity index (χ1) is 12.7. The van der Waals surface area contributed by atoms with E-state index in [-0.39, 0.29) is 5.91 Å². The van der Waals surface area contributed by atoms with Gasteiger partial charge in [0.25, 0.3) is 0 Å². The Balaban J connectivity index is 1.73. The smallest absolute Gasteiger partial charge is 0.224 e. The summed E-state index contributed by atoms with van der Waals surface area (Å²) in [6.45, 7) is 2.53. The molecule has 0 saturated carbocycles. The lowest BCUT2D eigenvalue weighted by Gasteiger charge is -2.32. The van der Waals surface area contributed by atoms with E-state index in [0.29, 0.717) is 13.0 Å². The number of benzene rings is 3. The standard InChI is InChI=1S/C23H25NO2/c1-3-23(26-2,20-13-5-4-6-14-20)17-24-22(25)16-19-12-9-11-18-10-7-8-15-21(18)19/h4-15H,3,16-17H2,1-2H3,(H,24,25)/t23-/m1/s1. The molecule has 1 amide bonds. The van der Waals surface area contributed by atoms with Gasteiger partial charge in [-0.15, -0.1) is 0 Å². The van der Waals surface area contributed by atoms with Crippen LogP contribution in [-0.4, -0.2) is 19.6 Å². The van der Waals surface area contributed by atoms with E-state index in [0.717, 1.165) is 28.3 Å². The fourth-order valence-corrected chi connectivity index (χ4v) is 3.43. The molecule has 0 spiro atoms. The highest BCUT2D eigenvalue weighted by atomic mass is 16.5. The third-order valence-corrected chi connectivity index (χ3v) is 5.06. The summed E-state index contributed by atoms with van der Waals surface area (Å²) in [6, 6.07) is 24.3. The highest BCUT2D eigenvalue weighted by Gasteiger charge is 2.30. The van der Waals surface area contributed by atoms with Crippen LogP contribution in [0.2, 0.25) is 0 Å². The van der Waals surface area contributed by atoms with Gasteiger partial charge >= 0.3 is 0 Å². The molecule has 3 aromatic rings. The maximum absolute atomic E-state index is 12.6. The lowest BCUT2D eigenvalue weighted by atomic mass is 9.90. The second kappa shape index (κ2) is 8.15. The number of amides is 1. The normalized spacial score (nSPS) is 13.3. The number of hydrogen-bond acceptors (Lipinski definition) is 2. The van der Waals surface area contributed by atoms with E-state index in [2.05, 4.69) is 30.4 Å². The molecule has 1 N–H and O–H groups in total. The zero-order valence-electron chi connectivity index (χ0n) is 15.4. The van der Waals surface area contributed by atoms with Crippen molar-refractivity contribution in [2.45, 2.75) is 25.4 Å². The highest BCUT2D eigenvalue weighted by Crippen LogP contribution is 2.28. The molecule has 3 rings (SSSR count). The van der Waals surface area contributed by atoms with Gasteiger partial charge in [0.15, 0.2) is 0 Å². The van der Waals surface area contributed by atoms with E-state index in [9.17, 15) is 4.79 Å². The summed E-state index contributed by atoms with van der Waals surface area (Å²) in [5.41, 5.74) is 1.62. The van der Waals surface area contributed by atoms with Crippen molar-refractivity contribution in [1.29, 1.82) is 0 Å². The van der Waals surface area contributed by atoms with Gasteiger partial charge in [-0.2, -0.15) is 0 Å². The van der Waals surface area contributed by atoms with Gasteiger partial charge < -0.3 is 10.1 Å². The summed E-state index contributed by atoms with van der Waals surface area (Å²) in [4.78, 5) is 12.6. The second-order valence-electron chi connectivity index (χ2n) is 6.51. The zero-order valence-corrected chi connectivity index (χ0v) is 15.4. The van der Waals surface area contributed by atoms with Crippen molar-refractivity contribution in [3.63, 3.8) is 0 Å². The minimum atomic E-state index is -0.504. The molecule has 0 aromatic heterocycles. The molecule has 1 atom stereocenters. The molecule has 0 fully saturated rings. The lowest BCUT2D eigenvalue weighted by Crippen LogP contribution is -2.42. The minimum Gasteiger partial charge on any atom is -0.372 e. The second-order valence-corrected chi connectivity index (χ2v) is 6.51. The maximum Gasteiger partial charge on any atom is 0.224 e. The Morgan fingerprint density at radius 2 is 1.65 bits per heavy atom. The van der Waals surface area contributed by atoms with Gasteiger partial charge in [-0.1, -0.05) is 79.7 Å². The first-order valence-electron chi connectivity index (χ1n) is 9.02. The van der Waals surface area contributed by atoms with Crippen LogP contribution in [0.5, 0.6) is 0 Å². The van der Waals surface area contributed by atoms with Crippen LogP contribution in [0.3, 0.4) is 0 Å². The van der Waals surface area contributed by atoms with Gasteiger partial charge in [0, 0.05) is 7.11 Å². The molecule has 0 saturated heterocycles. The molecule has 0 radical (unpaired) electrons. The van der Waals surface area contributed by atoms with Crippen LogP contribution >= 0.6 is 0 Å². The van der Waals surface area contributed by atoms with Crippen molar-refractivity contribution in [2.24, 2.45) is 0 Å². The Labute approximate surface area is 155 Å². The molecule has 3 aromatic carbocycles. The highest BCUT2D eigenvalue weighted by molar-refractivity contribution is 5.90. The predicted molar refractivity (Wildman–Crippen MR) is 106 cm³/mol. The molecular weight excluding hydrogens is 322 g/mol. The molecular formula is C23H25NO2. The number of rotatable bonds is 7. The fourth-order valence-electron chi connectivity index (χ4n) is 3.43. The summed E-state index contributed by atoms with van der Waals surface area (Å²) < 4.78 is 5.83. The number of carbonyl (C=O) groups is 1. The first-order valence-corrected chi connectivity index (χ1v) is 9.02. The van der Waals surface area contributed by atoms with E-state index in [1.165, 1.54) is 0 Å². The third kappa shape index (κ3) is 3.78. The Morgan fingerprint density at radius 3 is 2.38 bits per heavy atom. The van der Waals surface area contributed by atoms with E-state index < -0.39 is 5.60 Å². The van der Waals surface area contributed by atoms with Gasteiger partial charge in [0.2, 0.25) is 5.91 Å². The average molecular weight is 347 g/mol. The van der Waals surface area contributed by atoms with Crippen LogP contribution in [-0.2, 0) is 21.6 Å². The first kappa shape index (κ1) is 18.2. The number of ether oxygens (including phenoxy) is 1. The van der Waals surface area contributed by atoms with Crippen molar-refractivity contribution in [3.8, 4) is 0 Å². The third-order valence-electron chi connectivity index (χ3n) is 5.06. The van der Waals surface area contributed by atoms with Gasteiger partial charge in [-0.05, 0) is 28.3 Å². The molecule has 0 bridgehead atoms. The molecule has 0 unspecified atom stereocenters. The van der Waals surface area contributed by atoms with Crippen LogP contribution < -0.4 is 5.32 Å². The number of methoxy groups -OCH3 is 1. The number of carbonyl (C=O) groups excluding carboxylic acids is 1. The van der Waals surface area contributed by atoms with Crippen LogP contribution in [0.25, 0.3) is 10.8 Å². The molecule has 134 valence electrons. The molecule has 26 heavy (non-hydrogen) atoms. The molecule has 0 aliphatic heterocycles. The summed E-state index contributed by atoms with van der Waals surface area (Å²) in [6.07, 6.45) is 1.14. The Kier molecular flexibility index (Phi) is 5.69. The lowest BCUT2D eigenvalue weighted by molar-refractivity contribution is -0.122. The van der Waals surface area contributed by atoms with Crippen molar-refractivity contribution < 1.29 is 9.53 Å². The van der Waals surface area contributed by atoms with Crippen molar-refractivity contribution in [2.75, 3.05) is 13.7 Å². The van der Waals surface area contributed by atoms with Crippen molar-refractivity contribution in [3.05, 3.63) is 83.9 Å².